The molecule has 1 aromatic rings. The van der Waals surface area contributed by atoms with Crippen molar-refractivity contribution in [1.29, 1.82) is 0 Å². The van der Waals surface area contributed by atoms with E-state index in [9.17, 15) is 0 Å². The van der Waals surface area contributed by atoms with E-state index in [1.54, 1.807) is 0 Å². The van der Waals surface area contributed by atoms with E-state index in [1.165, 1.54) is 50.8 Å². The molecule has 3 rings (SSSR count). The molecule has 3 heteroatoms. The molecule has 1 aliphatic heterocycles. The molecule has 2 atom stereocenters. The molecule has 18 heavy (non-hydrogen) atoms. The first-order chi connectivity index (χ1) is 8.83. The molecule has 0 aromatic carbocycles. The molecule has 2 heterocycles. The van der Waals surface area contributed by atoms with E-state index in [4.69, 9.17) is 0 Å². The zero-order valence-corrected chi connectivity index (χ0v) is 12.4. The van der Waals surface area contributed by atoms with Crippen LogP contribution in [0.4, 0.5) is 0 Å². The third-order valence-corrected chi connectivity index (χ3v) is 4.98. The minimum Gasteiger partial charge on any atom is -0.294 e. The molecule has 1 saturated heterocycles. The zero-order valence-electron chi connectivity index (χ0n) is 10.8. The second kappa shape index (κ2) is 5.70. The molecule has 1 saturated carbocycles. The molecule has 2 nitrogen and oxygen atoms in total. The van der Waals surface area contributed by atoms with Crippen molar-refractivity contribution in [1.82, 2.24) is 9.88 Å². The molecule has 0 N–H and O–H groups in total. The minimum atomic E-state index is 0.831. The smallest absolute Gasteiger partial charge is 0.0544 e. The largest absolute Gasteiger partial charge is 0.294 e. The van der Waals surface area contributed by atoms with Crippen molar-refractivity contribution >= 4 is 15.9 Å². The van der Waals surface area contributed by atoms with Gasteiger partial charge >= 0.3 is 0 Å². The number of fused-ring (bicyclic) bond motifs is 1. The normalized spacial score (nSPS) is 28.9. The summed E-state index contributed by atoms with van der Waals surface area (Å²) in [7, 11) is 0. The van der Waals surface area contributed by atoms with Gasteiger partial charge in [-0.15, -0.1) is 0 Å². The van der Waals surface area contributed by atoms with Crippen LogP contribution < -0.4 is 0 Å². The summed E-state index contributed by atoms with van der Waals surface area (Å²) in [6, 6.07) is 5.08. The number of halogens is 1. The standard InChI is InChI=1S/C15H21BrN2/c16-13-7-8-14(17-10-13)11-18-9-3-5-12-4-1-2-6-15(12)18/h7-8,10,12,15H,1-6,9,11H2. The Morgan fingerprint density at radius 3 is 2.83 bits per heavy atom. The maximum absolute atomic E-state index is 4.52. The SMILES string of the molecule is Brc1ccc(CN2CCCC3CCCCC32)nc1. The number of rotatable bonds is 2. The van der Waals surface area contributed by atoms with Crippen molar-refractivity contribution < 1.29 is 0 Å². The summed E-state index contributed by atoms with van der Waals surface area (Å²) < 4.78 is 1.07. The van der Waals surface area contributed by atoms with Crippen LogP contribution in [-0.2, 0) is 6.54 Å². The monoisotopic (exact) mass is 308 g/mol. The number of aromatic nitrogens is 1. The average Bonchev–Trinajstić information content (AvgIpc) is 2.42. The van der Waals surface area contributed by atoms with Gasteiger partial charge in [0.15, 0.2) is 0 Å². The lowest BCUT2D eigenvalue weighted by atomic mass is 9.78. The third kappa shape index (κ3) is 2.77. The summed E-state index contributed by atoms with van der Waals surface area (Å²) >= 11 is 3.45. The Labute approximate surface area is 118 Å². The van der Waals surface area contributed by atoms with Crippen LogP contribution in [0.2, 0.25) is 0 Å². The number of nitrogens with zero attached hydrogens (tertiary/aromatic N) is 2. The van der Waals surface area contributed by atoms with E-state index >= 15 is 0 Å². The second-order valence-corrected chi connectivity index (χ2v) is 6.61. The van der Waals surface area contributed by atoms with Gasteiger partial charge in [-0.3, -0.25) is 9.88 Å². The molecule has 0 bridgehead atoms. The highest BCUT2D eigenvalue weighted by molar-refractivity contribution is 9.10. The number of pyridine rings is 1. The van der Waals surface area contributed by atoms with Crippen molar-refractivity contribution in [2.75, 3.05) is 6.54 Å². The Morgan fingerprint density at radius 2 is 2.00 bits per heavy atom. The maximum Gasteiger partial charge on any atom is 0.0544 e. The Morgan fingerprint density at radius 1 is 1.17 bits per heavy atom. The van der Waals surface area contributed by atoms with Gasteiger partial charge in [0, 0.05) is 23.3 Å². The van der Waals surface area contributed by atoms with Crippen LogP contribution in [0.25, 0.3) is 0 Å². The molecular formula is C15H21BrN2. The van der Waals surface area contributed by atoms with Crippen LogP contribution in [0.15, 0.2) is 22.8 Å². The molecular weight excluding hydrogens is 288 g/mol. The fourth-order valence-corrected chi connectivity index (χ4v) is 3.87. The molecule has 0 spiro atoms. The number of piperidine rings is 1. The average molecular weight is 309 g/mol. The van der Waals surface area contributed by atoms with Gasteiger partial charge in [-0.05, 0) is 66.2 Å². The van der Waals surface area contributed by atoms with Crippen molar-refractivity contribution in [2.24, 2.45) is 5.92 Å². The van der Waals surface area contributed by atoms with Crippen molar-refractivity contribution in [3.05, 3.63) is 28.5 Å². The fourth-order valence-electron chi connectivity index (χ4n) is 3.63. The number of hydrogen-bond donors (Lipinski definition) is 0. The van der Waals surface area contributed by atoms with E-state index in [1.807, 2.05) is 6.20 Å². The first-order valence-electron chi connectivity index (χ1n) is 7.17. The second-order valence-electron chi connectivity index (χ2n) is 5.69. The fraction of sp³-hybridized carbons (Fsp3) is 0.667. The Balaban J connectivity index is 1.69. The van der Waals surface area contributed by atoms with Gasteiger partial charge in [0.25, 0.3) is 0 Å². The Hall–Kier alpha value is -0.410. The van der Waals surface area contributed by atoms with Gasteiger partial charge in [-0.1, -0.05) is 12.8 Å². The summed E-state index contributed by atoms with van der Waals surface area (Å²) in [6.45, 7) is 2.30. The first-order valence-corrected chi connectivity index (χ1v) is 7.97. The van der Waals surface area contributed by atoms with Gasteiger partial charge in [0.1, 0.15) is 0 Å². The third-order valence-electron chi connectivity index (χ3n) is 4.51. The predicted molar refractivity (Wildman–Crippen MR) is 77.3 cm³/mol. The topological polar surface area (TPSA) is 16.1 Å². The lowest BCUT2D eigenvalue weighted by molar-refractivity contribution is 0.0537. The van der Waals surface area contributed by atoms with Crippen LogP contribution >= 0.6 is 15.9 Å². The van der Waals surface area contributed by atoms with Crippen molar-refractivity contribution in [3.8, 4) is 0 Å². The van der Waals surface area contributed by atoms with Crippen LogP contribution in [0.3, 0.4) is 0 Å². The van der Waals surface area contributed by atoms with E-state index < -0.39 is 0 Å². The summed E-state index contributed by atoms with van der Waals surface area (Å²) in [6.07, 6.45) is 10.5. The molecule has 0 amide bonds. The van der Waals surface area contributed by atoms with Gasteiger partial charge in [0.05, 0.1) is 5.69 Å². The van der Waals surface area contributed by atoms with E-state index in [0.717, 1.165) is 23.0 Å². The van der Waals surface area contributed by atoms with Crippen LogP contribution in [-0.4, -0.2) is 22.5 Å². The van der Waals surface area contributed by atoms with Gasteiger partial charge in [0.2, 0.25) is 0 Å². The van der Waals surface area contributed by atoms with Crippen molar-refractivity contribution in [2.45, 2.75) is 51.1 Å². The molecule has 0 radical (unpaired) electrons. The molecule has 2 unspecified atom stereocenters. The number of likely N-dealkylation sites (tertiary alicyclic amines) is 1. The van der Waals surface area contributed by atoms with E-state index in [2.05, 4.69) is 37.9 Å². The summed E-state index contributed by atoms with van der Waals surface area (Å²) in [5, 5.41) is 0. The maximum atomic E-state index is 4.52. The first kappa shape index (κ1) is 12.6. The summed E-state index contributed by atoms with van der Waals surface area (Å²) in [5.74, 6) is 0.961. The van der Waals surface area contributed by atoms with Gasteiger partial charge in [-0.2, -0.15) is 0 Å². The predicted octanol–water partition coefficient (Wildman–Crippen LogP) is 4.00. The molecule has 2 aliphatic rings. The van der Waals surface area contributed by atoms with Gasteiger partial charge in [-0.25, -0.2) is 0 Å². The molecule has 2 fully saturated rings. The molecule has 98 valence electrons. The van der Waals surface area contributed by atoms with Gasteiger partial charge < -0.3 is 0 Å². The summed E-state index contributed by atoms with van der Waals surface area (Å²) in [5.41, 5.74) is 1.21. The Kier molecular flexibility index (Phi) is 4.00. The van der Waals surface area contributed by atoms with E-state index in [0.29, 0.717) is 0 Å². The van der Waals surface area contributed by atoms with Crippen LogP contribution in [0, 0.1) is 5.92 Å². The van der Waals surface area contributed by atoms with Crippen molar-refractivity contribution in [3.63, 3.8) is 0 Å². The molecule has 1 aliphatic carbocycles. The summed E-state index contributed by atoms with van der Waals surface area (Å²) in [4.78, 5) is 7.21. The van der Waals surface area contributed by atoms with Crippen LogP contribution in [0.5, 0.6) is 0 Å². The highest BCUT2D eigenvalue weighted by Crippen LogP contribution is 2.35. The lowest BCUT2D eigenvalue weighted by Gasteiger charge is -2.44. The van der Waals surface area contributed by atoms with Crippen LogP contribution in [0.1, 0.15) is 44.2 Å². The molecule has 1 aromatic heterocycles. The Bertz CT molecular complexity index is 388. The highest BCUT2D eigenvalue weighted by Gasteiger charge is 2.32. The lowest BCUT2D eigenvalue weighted by Crippen LogP contribution is -2.46. The number of hydrogen-bond acceptors (Lipinski definition) is 2. The highest BCUT2D eigenvalue weighted by atomic mass is 79.9. The van der Waals surface area contributed by atoms with E-state index in [-0.39, 0.29) is 0 Å². The minimum absolute atomic E-state index is 0.831. The zero-order chi connectivity index (χ0) is 12.4. The quantitative estimate of drug-likeness (QED) is 0.821.